The van der Waals surface area contributed by atoms with Gasteiger partial charge in [-0.3, -0.25) is 14.7 Å². The highest BCUT2D eigenvalue weighted by Gasteiger charge is 2.17. The minimum Gasteiger partial charge on any atom is -0.491 e. The molecular formula is C33H38N6O3. The minimum absolute atomic E-state index is 0.134. The van der Waals surface area contributed by atoms with Crippen LogP contribution in [-0.2, 0) is 43.8 Å². The maximum atomic E-state index is 13.2. The fourth-order valence-electron chi connectivity index (χ4n) is 5.69. The van der Waals surface area contributed by atoms with Crippen molar-refractivity contribution in [3.63, 3.8) is 0 Å². The van der Waals surface area contributed by atoms with Crippen LogP contribution in [0.15, 0.2) is 66.9 Å². The number of hydrogen-bond acceptors (Lipinski definition) is 7. The number of rotatable bonds is 5. The van der Waals surface area contributed by atoms with Crippen molar-refractivity contribution in [2.75, 3.05) is 26.4 Å². The van der Waals surface area contributed by atoms with E-state index in [0.29, 0.717) is 38.3 Å². The summed E-state index contributed by atoms with van der Waals surface area (Å²) in [5, 5.41) is 11.8. The summed E-state index contributed by atoms with van der Waals surface area (Å²) in [5.41, 5.74) is 5.01. The summed E-state index contributed by atoms with van der Waals surface area (Å²) >= 11 is 0. The van der Waals surface area contributed by atoms with Gasteiger partial charge in [-0.2, -0.15) is 0 Å². The van der Waals surface area contributed by atoms with E-state index < -0.39 is 0 Å². The molecule has 2 aliphatic rings. The van der Waals surface area contributed by atoms with Gasteiger partial charge in [0.1, 0.15) is 18.2 Å². The zero-order chi connectivity index (χ0) is 28.6. The highest BCUT2D eigenvalue weighted by atomic mass is 16.5. The second kappa shape index (κ2) is 13.7. The summed E-state index contributed by atoms with van der Waals surface area (Å²) in [6.45, 7) is 5.16. The summed E-state index contributed by atoms with van der Waals surface area (Å²) in [6.07, 6.45) is 6.89. The Morgan fingerprint density at radius 1 is 0.905 bits per heavy atom. The van der Waals surface area contributed by atoms with Crippen molar-refractivity contribution in [3.8, 4) is 5.75 Å². The van der Waals surface area contributed by atoms with Gasteiger partial charge in [-0.1, -0.05) is 36.8 Å². The lowest BCUT2D eigenvalue weighted by Crippen LogP contribution is -2.28. The third-order valence-electron chi connectivity index (χ3n) is 7.86. The van der Waals surface area contributed by atoms with Gasteiger partial charge < -0.3 is 19.4 Å². The molecule has 2 aromatic carbocycles. The molecule has 2 bridgehead atoms. The second-order valence-electron chi connectivity index (χ2n) is 11.0. The number of aryl methyl sites for hydroxylation is 1. The molecule has 0 fully saturated rings. The first kappa shape index (κ1) is 28.1. The third kappa shape index (κ3) is 7.21. The van der Waals surface area contributed by atoms with E-state index in [1.54, 1.807) is 0 Å². The zero-order valence-electron chi connectivity index (χ0n) is 24.0. The average Bonchev–Trinajstić information content (AvgIpc) is 3.23. The second-order valence-corrected chi connectivity index (χ2v) is 11.0. The predicted molar refractivity (Wildman–Crippen MR) is 159 cm³/mol. The van der Waals surface area contributed by atoms with Crippen molar-refractivity contribution in [2.24, 2.45) is 0 Å². The standard InChI is InChI=1S/C33H38N6O3/c40-33(35-22-32-37-36-31-10-2-1-5-14-39(31)32)27-11-12-30-28(21-27)20-25-7-6-8-26(19-25)23-38(15-16-41-17-18-42-30)24-29-9-3-4-13-34-29/h3-4,6-9,11-13,19,21H,1-2,5,10,14-18,20,22-24H2,(H,35,40). The molecule has 6 rings (SSSR count). The van der Waals surface area contributed by atoms with E-state index >= 15 is 0 Å². The molecule has 2 aliphatic heterocycles. The quantitative estimate of drug-likeness (QED) is 0.384. The van der Waals surface area contributed by atoms with Crippen LogP contribution in [0.3, 0.4) is 0 Å². The van der Waals surface area contributed by atoms with Crippen LogP contribution < -0.4 is 10.1 Å². The van der Waals surface area contributed by atoms with Gasteiger partial charge in [-0.05, 0) is 59.9 Å². The van der Waals surface area contributed by atoms with Gasteiger partial charge in [0.25, 0.3) is 5.91 Å². The molecule has 2 aromatic heterocycles. The number of pyridine rings is 1. The first-order valence-electron chi connectivity index (χ1n) is 14.9. The Bertz CT molecular complexity index is 1490. The molecule has 0 unspecified atom stereocenters. The van der Waals surface area contributed by atoms with Crippen molar-refractivity contribution >= 4 is 5.91 Å². The number of nitrogens with zero attached hydrogens (tertiary/aromatic N) is 5. The van der Waals surface area contributed by atoms with E-state index in [1.165, 1.54) is 17.5 Å². The molecule has 1 N–H and O–H groups in total. The van der Waals surface area contributed by atoms with Crippen LogP contribution >= 0.6 is 0 Å². The number of ether oxygens (including phenoxy) is 2. The van der Waals surface area contributed by atoms with E-state index in [1.807, 2.05) is 36.5 Å². The van der Waals surface area contributed by atoms with E-state index in [2.05, 4.69) is 60.3 Å². The number of hydrogen-bond donors (Lipinski definition) is 1. The first-order chi connectivity index (χ1) is 20.7. The fraction of sp³-hybridized carbons (Fsp3) is 0.394. The maximum Gasteiger partial charge on any atom is 0.251 e. The molecule has 4 heterocycles. The first-order valence-corrected chi connectivity index (χ1v) is 14.9. The van der Waals surface area contributed by atoms with E-state index in [-0.39, 0.29) is 5.91 Å². The molecule has 0 spiro atoms. The van der Waals surface area contributed by atoms with Gasteiger partial charge in [-0.25, -0.2) is 0 Å². The highest BCUT2D eigenvalue weighted by molar-refractivity contribution is 5.94. The van der Waals surface area contributed by atoms with Gasteiger partial charge in [0.05, 0.1) is 25.5 Å². The molecule has 0 radical (unpaired) electrons. The van der Waals surface area contributed by atoms with Crippen molar-refractivity contribution in [1.29, 1.82) is 0 Å². The lowest BCUT2D eigenvalue weighted by Gasteiger charge is -2.23. The monoisotopic (exact) mass is 566 g/mol. The van der Waals surface area contributed by atoms with Crippen molar-refractivity contribution in [1.82, 2.24) is 30.0 Å². The van der Waals surface area contributed by atoms with Crippen LogP contribution in [0, 0.1) is 0 Å². The zero-order valence-corrected chi connectivity index (χ0v) is 24.0. The topological polar surface area (TPSA) is 94.4 Å². The normalized spacial score (nSPS) is 16.3. The van der Waals surface area contributed by atoms with Gasteiger partial charge >= 0.3 is 0 Å². The average molecular weight is 567 g/mol. The number of fused-ring (bicyclic) bond motifs is 4. The molecule has 9 heteroatoms. The Balaban J connectivity index is 1.18. The van der Waals surface area contributed by atoms with Crippen LogP contribution in [-0.4, -0.2) is 56.9 Å². The van der Waals surface area contributed by atoms with Gasteiger partial charge in [0, 0.05) is 50.8 Å². The molecule has 0 saturated heterocycles. The van der Waals surface area contributed by atoms with Gasteiger partial charge in [0.15, 0.2) is 5.82 Å². The molecule has 0 aliphatic carbocycles. The smallest absolute Gasteiger partial charge is 0.251 e. The Hall–Kier alpha value is -4.08. The predicted octanol–water partition coefficient (Wildman–Crippen LogP) is 4.33. The number of benzene rings is 2. The number of aromatic nitrogens is 4. The van der Waals surface area contributed by atoms with Gasteiger partial charge in [0.2, 0.25) is 0 Å². The number of carbonyl (C=O) groups excluding carboxylic acids is 1. The molecule has 1 amide bonds. The summed E-state index contributed by atoms with van der Waals surface area (Å²) in [5.74, 6) is 2.48. The van der Waals surface area contributed by atoms with Crippen LogP contribution in [0.25, 0.3) is 0 Å². The van der Waals surface area contributed by atoms with E-state index in [4.69, 9.17) is 9.47 Å². The molecule has 218 valence electrons. The molecule has 42 heavy (non-hydrogen) atoms. The third-order valence-corrected chi connectivity index (χ3v) is 7.86. The molecular weight excluding hydrogens is 528 g/mol. The van der Waals surface area contributed by atoms with E-state index in [9.17, 15) is 4.79 Å². The molecule has 0 atom stereocenters. The van der Waals surface area contributed by atoms with E-state index in [0.717, 1.165) is 74.1 Å². The Morgan fingerprint density at radius 2 is 1.86 bits per heavy atom. The largest absolute Gasteiger partial charge is 0.491 e. The van der Waals surface area contributed by atoms with Crippen molar-refractivity contribution in [3.05, 3.63) is 106 Å². The Kier molecular flexibility index (Phi) is 9.17. The van der Waals surface area contributed by atoms with Crippen LogP contribution in [0.1, 0.15) is 63.7 Å². The number of amides is 1. The Labute approximate surface area is 246 Å². The highest BCUT2D eigenvalue weighted by Crippen LogP contribution is 2.25. The molecule has 4 aromatic rings. The number of nitrogens with one attached hydrogen (secondary N) is 1. The minimum atomic E-state index is -0.134. The van der Waals surface area contributed by atoms with Crippen LogP contribution in [0.5, 0.6) is 5.75 Å². The van der Waals surface area contributed by atoms with Crippen LogP contribution in [0.4, 0.5) is 0 Å². The summed E-state index contributed by atoms with van der Waals surface area (Å²) in [7, 11) is 0. The van der Waals surface area contributed by atoms with Crippen molar-refractivity contribution < 1.29 is 14.3 Å². The van der Waals surface area contributed by atoms with Crippen molar-refractivity contribution in [2.45, 2.75) is 58.3 Å². The number of carbonyl (C=O) groups is 1. The lowest BCUT2D eigenvalue weighted by atomic mass is 9.99. The molecule has 9 nitrogen and oxygen atoms in total. The SMILES string of the molecule is O=C(NCc1nnc2n1CCCCC2)c1ccc2c(c1)Cc1cccc(c1)CN(Cc1ccccn1)CCOCCO2. The summed E-state index contributed by atoms with van der Waals surface area (Å²) in [4.78, 5) is 20.1. The fourth-order valence-corrected chi connectivity index (χ4v) is 5.69. The Morgan fingerprint density at radius 3 is 2.79 bits per heavy atom. The summed E-state index contributed by atoms with van der Waals surface area (Å²) < 4.78 is 14.2. The lowest BCUT2D eigenvalue weighted by molar-refractivity contribution is 0.0754. The summed E-state index contributed by atoms with van der Waals surface area (Å²) in [6, 6.07) is 20.3. The molecule has 0 saturated carbocycles. The maximum absolute atomic E-state index is 13.2. The van der Waals surface area contributed by atoms with Crippen LogP contribution in [0.2, 0.25) is 0 Å². The van der Waals surface area contributed by atoms with Gasteiger partial charge in [-0.15, -0.1) is 10.2 Å².